The molecule has 0 heterocycles. The van der Waals surface area contributed by atoms with Gasteiger partial charge in [0.2, 0.25) is 0 Å². The van der Waals surface area contributed by atoms with E-state index in [1.165, 1.54) is 6.92 Å². The monoisotopic (exact) mass is 376 g/mol. The number of allylic oxidation sites excluding steroid dienone is 1. The highest BCUT2D eigenvalue weighted by molar-refractivity contribution is 5.91. The number of hydrogen-bond donors (Lipinski definition) is 0. The quantitative estimate of drug-likeness (QED) is 0.703. The smallest absolute Gasteiger partial charge is 0.303 e. The molecule has 0 aromatic carbocycles. The average Bonchev–Trinajstić information content (AvgIpc) is 2.97. The largest absolute Gasteiger partial charge is 0.458 e. The van der Waals surface area contributed by atoms with Gasteiger partial charge in [-0.3, -0.25) is 14.4 Å². The molecule has 7 atom stereocenters. The van der Waals surface area contributed by atoms with E-state index in [-0.39, 0.29) is 35.4 Å². The fraction of sp³-hybridized carbons (Fsp3) is 0.773. The summed E-state index contributed by atoms with van der Waals surface area (Å²) in [5.41, 5.74) is 0.626. The van der Waals surface area contributed by atoms with Crippen molar-refractivity contribution in [2.24, 2.45) is 35.0 Å². The van der Waals surface area contributed by atoms with Crippen LogP contribution in [0.5, 0.6) is 0 Å². The Morgan fingerprint density at radius 2 is 2.00 bits per heavy atom. The lowest BCUT2D eigenvalue weighted by Crippen LogP contribution is -2.50. The van der Waals surface area contributed by atoms with E-state index in [1.54, 1.807) is 6.08 Å². The number of rotatable bonds is 3. The number of ketones is 2. The van der Waals surface area contributed by atoms with Gasteiger partial charge in [-0.2, -0.15) is 0 Å². The van der Waals surface area contributed by atoms with Gasteiger partial charge < -0.3 is 4.74 Å². The average molecular weight is 376 g/mol. The Kier molecular flexibility index (Phi) is 4.76. The topological polar surface area (TPSA) is 60.4 Å². The fourth-order valence-corrected chi connectivity index (χ4v) is 6.95. The van der Waals surface area contributed by atoms with Crippen LogP contribution in [-0.2, 0) is 19.1 Å². The van der Waals surface area contributed by atoms with Gasteiger partial charge in [0.15, 0.2) is 11.6 Å². The van der Waals surface area contributed by atoms with Gasteiger partial charge in [-0.15, -0.1) is 0 Å². The van der Waals surface area contributed by atoms with E-state index in [9.17, 15) is 18.8 Å². The second kappa shape index (κ2) is 6.82. The Morgan fingerprint density at radius 3 is 2.74 bits per heavy atom. The highest BCUT2D eigenvalue weighted by atomic mass is 19.1. The van der Waals surface area contributed by atoms with Gasteiger partial charge in [-0.05, 0) is 79.3 Å². The molecular weight excluding hydrogens is 347 g/mol. The minimum Gasteiger partial charge on any atom is -0.458 e. The standard InChI is InChI=1S/C22H29FO4/c1-12(24)27-11-21(26)19-6-5-18-16-10-20(23)17-9-13(25)3-4-14(17)15(16)7-8-22(18,19)2/h9,14-16,18-20H,3-8,10-11H2,1-2H3/t14-,15-,16-,18+,19-,20+,22+/m1/s1. The fourth-order valence-electron chi connectivity index (χ4n) is 6.95. The van der Waals surface area contributed by atoms with E-state index < -0.39 is 12.1 Å². The molecule has 4 aliphatic rings. The van der Waals surface area contributed by atoms with Gasteiger partial charge in [0.1, 0.15) is 12.8 Å². The summed E-state index contributed by atoms with van der Waals surface area (Å²) in [7, 11) is 0. The first-order chi connectivity index (χ1) is 12.8. The van der Waals surface area contributed by atoms with Crippen molar-refractivity contribution in [2.75, 3.05) is 6.61 Å². The molecule has 0 spiro atoms. The van der Waals surface area contributed by atoms with Crippen LogP contribution in [0.4, 0.5) is 4.39 Å². The third-order valence-electron chi connectivity index (χ3n) is 8.11. The van der Waals surface area contributed by atoms with Crippen LogP contribution in [0, 0.1) is 35.0 Å². The summed E-state index contributed by atoms with van der Waals surface area (Å²) in [5, 5.41) is 0. The predicted octanol–water partition coefficient (Wildman–Crippen LogP) is 3.82. The van der Waals surface area contributed by atoms with E-state index in [1.807, 2.05) is 0 Å². The number of carbonyl (C=O) groups excluding carboxylic acids is 3. The van der Waals surface area contributed by atoms with Crippen molar-refractivity contribution in [3.63, 3.8) is 0 Å². The first-order valence-corrected chi connectivity index (χ1v) is 10.4. The molecule has 27 heavy (non-hydrogen) atoms. The highest BCUT2D eigenvalue weighted by Gasteiger charge is 2.59. The minimum absolute atomic E-state index is 0.0186. The molecule has 0 amide bonds. The summed E-state index contributed by atoms with van der Waals surface area (Å²) >= 11 is 0. The summed E-state index contributed by atoms with van der Waals surface area (Å²) in [6, 6.07) is 0. The van der Waals surface area contributed by atoms with Crippen LogP contribution in [0.15, 0.2) is 11.6 Å². The number of hydrogen-bond acceptors (Lipinski definition) is 4. The zero-order valence-corrected chi connectivity index (χ0v) is 16.2. The van der Waals surface area contributed by atoms with Gasteiger partial charge in [0.05, 0.1) is 0 Å². The molecule has 0 aromatic heterocycles. The Morgan fingerprint density at radius 1 is 1.22 bits per heavy atom. The molecule has 0 radical (unpaired) electrons. The van der Waals surface area contributed by atoms with Crippen molar-refractivity contribution >= 4 is 17.5 Å². The zero-order chi connectivity index (χ0) is 19.3. The normalized spacial score (nSPS) is 43.2. The van der Waals surface area contributed by atoms with Crippen LogP contribution in [0.1, 0.15) is 58.8 Å². The molecule has 148 valence electrons. The van der Waals surface area contributed by atoms with Gasteiger partial charge >= 0.3 is 5.97 Å². The van der Waals surface area contributed by atoms with Crippen molar-refractivity contribution in [3.05, 3.63) is 11.6 Å². The number of fused-ring (bicyclic) bond motifs is 5. The number of ether oxygens (including phenoxy) is 1. The number of halogens is 1. The molecule has 0 bridgehead atoms. The number of esters is 1. The van der Waals surface area contributed by atoms with Gasteiger partial charge in [-0.25, -0.2) is 4.39 Å². The molecule has 0 aliphatic heterocycles. The Hall–Kier alpha value is -1.52. The van der Waals surface area contributed by atoms with E-state index >= 15 is 0 Å². The molecule has 0 aromatic rings. The van der Waals surface area contributed by atoms with Crippen LogP contribution in [0.2, 0.25) is 0 Å². The van der Waals surface area contributed by atoms with E-state index in [0.29, 0.717) is 30.6 Å². The maximum atomic E-state index is 15.0. The van der Waals surface area contributed by atoms with Crippen LogP contribution in [0.3, 0.4) is 0 Å². The SMILES string of the molecule is CC(=O)OCC(=O)[C@H]1CC[C@H]2[C@@H]3C[C@H](F)C4=CC(=O)CC[C@@H]4[C@H]3CC[C@]12C. The molecule has 5 heteroatoms. The molecule has 3 fully saturated rings. The van der Waals surface area contributed by atoms with Crippen LogP contribution in [-0.4, -0.2) is 30.3 Å². The summed E-state index contributed by atoms with van der Waals surface area (Å²) in [5.74, 6) is 0.857. The molecule has 3 saturated carbocycles. The van der Waals surface area contributed by atoms with Crippen molar-refractivity contribution in [2.45, 2.75) is 65.0 Å². The maximum absolute atomic E-state index is 15.0. The zero-order valence-electron chi connectivity index (χ0n) is 16.2. The first kappa shape index (κ1) is 18.8. The van der Waals surface area contributed by atoms with E-state index in [2.05, 4.69) is 6.92 Å². The Bertz CT molecular complexity index is 698. The van der Waals surface area contributed by atoms with Gasteiger partial charge in [-0.1, -0.05) is 6.92 Å². The van der Waals surface area contributed by atoms with Gasteiger partial charge in [0, 0.05) is 19.3 Å². The number of Topliss-reactive ketones (excluding diaryl/α,β-unsaturated/α-hetero) is 1. The highest BCUT2D eigenvalue weighted by Crippen LogP contribution is 2.64. The van der Waals surface area contributed by atoms with Crippen LogP contribution < -0.4 is 0 Å². The van der Waals surface area contributed by atoms with E-state index in [4.69, 9.17) is 4.74 Å². The minimum atomic E-state index is -1.02. The van der Waals surface area contributed by atoms with E-state index in [0.717, 1.165) is 37.7 Å². The van der Waals surface area contributed by atoms with Crippen molar-refractivity contribution in [3.8, 4) is 0 Å². The molecule has 4 nitrogen and oxygen atoms in total. The van der Waals surface area contributed by atoms with Crippen LogP contribution >= 0.6 is 0 Å². The second-order valence-corrected chi connectivity index (χ2v) is 9.31. The Labute approximate surface area is 159 Å². The third kappa shape index (κ3) is 3.07. The summed E-state index contributed by atoms with van der Waals surface area (Å²) in [4.78, 5) is 35.5. The number of carbonyl (C=O) groups is 3. The third-order valence-corrected chi connectivity index (χ3v) is 8.11. The first-order valence-electron chi connectivity index (χ1n) is 10.4. The molecule has 0 saturated heterocycles. The van der Waals surface area contributed by atoms with Gasteiger partial charge in [0.25, 0.3) is 0 Å². The Balaban J connectivity index is 1.55. The summed E-state index contributed by atoms with van der Waals surface area (Å²) < 4.78 is 19.9. The summed E-state index contributed by atoms with van der Waals surface area (Å²) in [6.07, 6.45) is 6.11. The summed E-state index contributed by atoms with van der Waals surface area (Å²) in [6.45, 7) is 3.38. The molecular formula is C22H29FO4. The number of alkyl halides is 1. The lowest BCUT2D eigenvalue weighted by molar-refractivity contribution is -0.149. The molecule has 0 unspecified atom stereocenters. The van der Waals surface area contributed by atoms with Crippen molar-refractivity contribution in [1.82, 2.24) is 0 Å². The van der Waals surface area contributed by atoms with Crippen molar-refractivity contribution in [1.29, 1.82) is 0 Å². The second-order valence-electron chi connectivity index (χ2n) is 9.31. The maximum Gasteiger partial charge on any atom is 0.303 e. The lowest BCUT2D eigenvalue weighted by Gasteiger charge is -2.54. The molecule has 4 rings (SSSR count). The van der Waals surface area contributed by atoms with Crippen molar-refractivity contribution < 1.29 is 23.5 Å². The molecule has 4 aliphatic carbocycles. The molecule has 0 N–H and O–H groups in total. The lowest BCUT2D eigenvalue weighted by atomic mass is 9.50. The van der Waals surface area contributed by atoms with Crippen LogP contribution in [0.25, 0.3) is 0 Å². The predicted molar refractivity (Wildman–Crippen MR) is 97.5 cm³/mol.